The van der Waals surface area contributed by atoms with Gasteiger partial charge in [-0.3, -0.25) is 0 Å². The molecule has 0 unspecified atom stereocenters. The van der Waals surface area contributed by atoms with E-state index in [0.29, 0.717) is 16.3 Å². The van der Waals surface area contributed by atoms with Gasteiger partial charge in [-0.15, -0.1) is 5.10 Å². The molecule has 0 aromatic carbocycles. The van der Waals surface area contributed by atoms with Crippen LogP contribution in [0.15, 0.2) is 10.5 Å². The lowest BCUT2D eigenvalue weighted by molar-refractivity contribution is 0.559. The van der Waals surface area contributed by atoms with Crippen molar-refractivity contribution in [1.82, 2.24) is 15.4 Å². The van der Waals surface area contributed by atoms with Crippen LogP contribution in [0.3, 0.4) is 0 Å². The van der Waals surface area contributed by atoms with Crippen molar-refractivity contribution in [3.05, 3.63) is 17.0 Å². The Hall–Kier alpha value is -1.16. The summed E-state index contributed by atoms with van der Waals surface area (Å²) in [5.74, 6) is 0.754. The number of halogens is 1. The van der Waals surface area contributed by atoms with E-state index < -0.39 is 0 Å². The van der Waals surface area contributed by atoms with E-state index in [1.54, 1.807) is 6.07 Å². The van der Waals surface area contributed by atoms with E-state index in [2.05, 4.69) is 15.4 Å². The van der Waals surface area contributed by atoms with E-state index in [1.807, 2.05) is 6.92 Å². The Balaban J connectivity index is 2.90. The Labute approximate surface area is 67.2 Å². The number of aromatic nitrogens is 3. The Bertz CT molecular complexity index is 398. The van der Waals surface area contributed by atoms with E-state index in [9.17, 15) is 0 Å². The largest absolute Gasteiger partial charge is 0.442 e. The minimum atomic E-state index is 0.326. The van der Waals surface area contributed by atoms with Gasteiger partial charge in [-0.1, -0.05) is 16.7 Å². The van der Waals surface area contributed by atoms with Crippen LogP contribution in [-0.4, -0.2) is 15.4 Å². The predicted octanol–water partition coefficient (Wildman–Crippen LogP) is 1.58. The first-order valence-electron chi connectivity index (χ1n) is 3.02. The highest BCUT2D eigenvalue weighted by molar-refractivity contribution is 6.33. The van der Waals surface area contributed by atoms with Crippen LogP contribution < -0.4 is 0 Å². The van der Waals surface area contributed by atoms with Gasteiger partial charge in [-0.25, -0.2) is 0 Å². The molecule has 2 aromatic rings. The van der Waals surface area contributed by atoms with Gasteiger partial charge in [0.15, 0.2) is 5.15 Å². The highest BCUT2D eigenvalue weighted by Gasteiger charge is 2.06. The number of fused-ring (bicyclic) bond motifs is 1. The normalized spacial score (nSPS) is 10.7. The topological polar surface area (TPSA) is 51.8 Å². The number of hydrogen-bond donors (Lipinski definition) is 0. The highest BCUT2D eigenvalue weighted by atomic mass is 35.5. The molecule has 2 heterocycles. The highest BCUT2D eigenvalue weighted by Crippen LogP contribution is 2.20. The molecule has 0 aliphatic carbocycles. The van der Waals surface area contributed by atoms with Gasteiger partial charge in [0.1, 0.15) is 5.76 Å². The zero-order valence-electron chi connectivity index (χ0n) is 5.71. The van der Waals surface area contributed by atoms with Gasteiger partial charge in [0, 0.05) is 0 Å². The number of furan rings is 1. The summed E-state index contributed by atoms with van der Waals surface area (Å²) >= 11 is 5.70. The molecule has 56 valence electrons. The standard InChI is InChI=1S/C6H4ClN3O/c1-3-2-4-5(7)8-10-9-6(4)11-3/h2H,1H3. The molecule has 0 atom stereocenters. The summed E-state index contributed by atoms with van der Waals surface area (Å²) < 4.78 is 5.15. The first-order valence-corrected chi connectivity index (χ1v) is 3.40. The van der Waals surface area contributed by atoms with E-state index in [1.165, 1.54) is 0 Å². The molecule has 0 saturated carbocycles. The first kappa shape index (κ1) is 6.54. The van der Waals surface area contributed by atoms with Gasteiger partial charge in [0.2, 0.25) is 0 Å². The Morgan fingerprint density at radius 2 is 2.27 bits per heavy atom. The maximum absolute atomic E-state index is 5.70. The molecule has 0 bridgehead atoms. The molecular formula is C6H4ClN3O. The fraction of sp³-hybridized carbons (Fsp3) is 0.167. The van der Waals surface area contributed by atoms with Gasteiger partial charge >= 0.3 is 0 Å². The van der Waals surface area contributed by atoms with E-state index in [0.717, 1.165) is 5.76 Å². The van der Waals surface area contributed by atoms with Crippen molar-refractivity contribution in [3.63, 3.8) is 0 Å². The molecule has 0 saturated heterocycles. The summed E-state index contributed by atoms with van der Waals surface area (Å²) in [5, 5.41) is 11.6. The quantitative estimate of drug-likeness (QED) is 0.601. The smallest absolute Gasteiger partial charge is 0.250 e. The summed E-state index contributed by atoms with van der Waals surface area (Å²) in [6, 6.07) is 1.78. The summed E-state index contributed by atoms with van der Waals surface area (Å²) in [6.07, 6.45) is 0. The predicted molar refractivity (Wildman–Crippen MR) is 39.3 cm³/mol. The van der Waals surface area contributed by atoms with Gasteiger partial charge in [0.25, 0.3) is 5.71 Å². The molecule has 0 spiro atoms. The van der Waals surface area contributed by atoms with Crippen LogP contribution in [0, 0.1) is 6.92 Å². The lowest BCUT2D eigenvalue weighted by Crippen LogP contribution is -1.85. The summed E-state index contributed by atoms with van der Waals surface area (Å²) in [5.41, 5.74) is 0.433. The fourth-order valence-electron chi connectivity index (χ4n) is 0.880. The van der Waals surface area contributed by atoms with E-state index in [-0.39, 0.29) is 0 Å². The second kappa shape index (κ2) is 2.17. The third kappa shape index (κ3) is 0.952. The van der Waals surface area contributed by atoms with Gasteiger partial charge in [-0.2, -0.15) is 0 Å². The van der Waals surface area contributed by atoms with Crippen LogP contribution in [-0.2, 0) is 0 Å². The number of aryl methyl sites for hydroxylation is 1. The molecule has 5 heteroatoms. The molecule has 0 amide bonds. The molecule has 0 N–H and O–H groups in total. The molecule has 0 aliphatic rings. The molecule has 11 heavy (non-hydrogen) atoms. The Morgan fingerprint density at radius 3 is 3.00 bits per heavy atom. The molecule has 2 aromatic heterocycles. The summed E-state index contributed by atoms with van der Waals surface area (Å²) in [7, 11) is 0. The van der Waals surface area contributed by atoms with Crippen LogP contribution in [0.4, 0.5) is 0 Å². The van der Waals surface area contributed by atoms with Crippen LogP contribution in [0.1, 0.15) is 5.76 Å². The lowest BCUT2D eigenvalue weighted by Gasteiger charge is -1.84. The van der Waals surface area contributed by atoms with Crippen molar-refractivity contribution in [3.8, 4) is 0 Å². The van der Waals surface area contributed by atoms with Crippen LogP contribution >= 0.6 is 11.6 Å². The zero-order chi connectivity index (χ0) is 7.84. The van der Waals surface area contributed by atoms with Crippen molar-refractivity contribution < 1.29 is 4.42 Å². The maximum atomic E-state index is 5.70. The molecule has 2 rings (SSSR count). The maximum Gasteiger partial charge on any atom is 0.250 e. The van der Waals surface area contributed by atoms with Crippen LogP contribution in [0.25, 0.3) is 11.1 Å². The number of nitrogens with zero attached hydrogens (tertiary/aromatic N) is 3. The van der Waals surface area contributed by atoms with Gasteiger partial charge in [-0.05, 0) is 18.2 Å². The Morgan fingerprint density at radius 1 is 1.45 bits per heavy atom. The molecular weight excluding hydrogens is 166 g/mol. The fourth-order valence-corrected chi connectivity index (χ4v) is 1.05. The van der Waals surface area contributed by atoms with Crippen molar-refractivity contribution in [2.75, 3.05) is 0 Å². The third-order valence-electron chi connectivity index (χ3n) is 1.33. The van der Waals surface area contributed by atoms with Crippen molar-refractivity contribution >= 4 is 22.7 Å². The molecule has 0 fully saturated rings. The first-order chi connectivity index (χ1) is 5.27. The molecule has 0 radical (unpaired) electrons. The van der Waals surface area contributed by atoms with Gasteiger partial charge < -0.3 is 4.42 Å². The number of hydrogen-bond acceptors (Lipinski definition) is 4. The SMILES string of the molecule is Cc1cc2c(Cl)nnnc2o1. The number of rotatable bonds is 0. The Kier molecular flexibility index (Phi) is 1.29. The monoisotopic (exact) mass is 169 g/mol. The second-order valence-electron chi connectivity index (χ2n) is 2.16. The van der Waals surface area contributed by atoms with Crippen LogP contribution in [0.2, 0.25) is 5.15 Å². The van der Waals surface area contributed by atoms with Gasteiger partial charge in [0.05, 0.1) is 5.39 Å². The van der Waals surface area contributed by atoms with Crippen molar-refractivity contribution in [2.45, 2.75) is 6.92 Å². The zero-order valence-corrected chi connectivity index (χ0v) is 6.46. The third-order valence-corrected chi connectivity index (χ3v) is 1.61. The van der Waals surface area contributed by atoms with Crippen molar-refractivity contribution in [2.24, 2.45) is 0 Å². The minimum Gasteiger partial charge on any atom is -0.442 e. The van der Waals surface area contributed by atoms with E-state index in [4.69, 9.17) is 16.0 Å². The molecule has 0 aliphatic heterocycles. The van der Waals surface area contributed by atoms with Crippen LogP contribution in [0.5, 0.6) is 0 Å². The second-order valence-corrected chi connectivity index (χ2v) is 2.51. The lowest BCUT2D eigenvalue weighted by atomic mass is 10.4. The van der Waals surface area contributed by atoms with Crippen molar-refractivity contribution in [1.29, 1.82) is 0 Å². The summed E-state index contributed by atoms with van der Waals surface area (Å²) in [4.78, 5) is 0. The molecule has 4 nitrogen and oxygen atoms in total. The minimum absolute atomic E-state index is 0.326. The average Bonchev–Trinajstić information content (AvgIpc) is 2.31. The van der Waals surface area contributed by atoms with E-state index >= 15 is 0 Å². The average molecular weight is 170 g/mol. The summed E-state index contributed by atoms with van der Waals surface area (Å²) in [6.45, 7) is 1.82.